The van der Waals surface area contributed by atoms with E-state index in [1.54, 1.807) is 13.0 Å². The van der Waals surface area contributed by atoms with Crippen LogP contribution in [0.4, 0.5) is 4.39 Å². The summed E-state index contributed by atoms with van der Waals surface area (Å²) in [5.74, 6) is -0.0871. The minimum absolute atomic E-state index is 0.0871. The molecule has 0 amide bonds. The van der Waals surface area contributed by atoms with Gasteiger partial charge in [-0.3, -0.25) is 0 Å². The number of rotatable bonds is 2. The zero-order chi connectivity index (χ0) is 8.27. The highest BCUT2D eigenvalue weighted by atomic mass is 19.1. The molecule has 0 bridgehead atoms. The van der Waals surface area contributed by atoms with E-state index < -0.39 is 0 Å². The van der Waals surface area contributed by atoms with E-state index in [1.807, 2.05) is 12.1 Å². The number of halogens is 1. The van der Waals surface area contributed by atoms with Crippen LogP contribution in [0.25, 0.3) is 0 Å². The number of hydrogen-bond acceptors (Lipinski definition) is 0. The predicted octanol–water partition coefficient (Wildman–Crippen LogP) is 1.73. The van der Waals surface area contributed by atoms with Crippen LogP contribution in [-0.4, -0.2) is 7.85 Å². The normalized spacial score (nSPS) is 10.0. The van der Waals surface area contributed by atoms with Crippen molar-refractivity contribution < 1.29 is 4.39 Å². The molecule has 2 heteroatoms. The molecule has 0 aliphatic rings. The summed E-state index contributed by atoms with van der Waals surface area (Å²) in [4.78, 5) is 0. The van der Waals surface area contributed by atoms with Gasteiger partial charge in [0.05, 0.1) is 0 Å². The number of hydrogen-bond donors (Lipinski definition) is 0. The van der Waals surface area contributed by atoms with E-state index in [2.05, 4.69) is 7.85 Å². The van der Waals surface area contributed by atoms with Crippen molar-refractivity contribution in [3.8, 4) is 0 Å². The van der Waals surface area contributed by atoms with Gasteiger partial charge in [0.15, 0.2) is 0 Å². The van der Waals surface area contributed by atoms with E-state index in [1.165, 1.54) is 0 Å². The summed E-state index contributed by atoms with van der Waals surface area (Å²) >= 11 is 0. The minimum Gasteiger partial charge on any atom is -0.207 e. The number of aryl methyl sites for hydroxylation is 2. The molecule has 0 spiro atoms. The van der Waals surface area contributed by atoms with Gasteiger partial charge < -0.3 is 0 Å². The summed E-state index contributed by atoms with van der Waals surface area (Å²) in [6.07, 6.45) is 2.04. The Labute approximate surface area is 67.8 Å². The average molecular weight is 150 g/mol. The van der Waals surface area contributed by atoms with Gasteiger partial charge in [0.1, 0.15) is 13.7 Å². The molecule has 0 aliphatic carbocycles. The second kappa shape index (κ2) is 3.56. The monoisotopic (exact) mass is 150 g/mol. The van der Waals surface area contributed by atoms with Gasteiger partial charge in [-0.25, -0.2) is 4.39 Å². The van der Waals surface area contributed by atoms with Crippen LogP contribution in [0.2, 0.25) is 6.32 Å². The van der Waals surface area contributed by atoms with Crippen molar-refractivity contribution in [2.45, 2.75) is 19.7 Å². The topological polar surface area (TPSA) is 0 Å². The average Bonchev–Trinajstić information content (AvgIpc) is 1.98. The lowest BCUT2D eigenvalue weighted by molar-refractivity contribution is 0.616. The van der Waals surface area contributed by atoms with Crippen LogP contribution in [0, 0.1) is 12.7 Å². The lowest BCUT2D eigenvalue weighted by Crippen LogP contribution is -1.88. The Balaban J connectivity index is 2.86. The highest BCUT2D eigenvalue weighted by Crippen LogP contribution is 2.10. The van der Waals surface area contributed by atoms with Crippen LogP contribution in [-0.2, 0) is 6.42 Å². The van der Waals surface area contributed by atoms with Crippen molar-refractivity contribution in [1.82, 2.24) is 0 Å². The van der Waals surface area contributed by atoms with Crippen LogP contribution < -0.4 is 0 Å². The van der Waals surface area contributed by atoms with Crippen LogP contribution in [0.1, 0.15) is 11.1 Å². The lowest BCUT2D eigenvalue weighted by atomic mass is 9.97. The Morgan fingerprint density at radius 3 is 2.73 bits per heavy atom. The third-order valence-electron chi connectivity index (χ3n) is 1.77. The maximum Gasteiger partial charge on any atom is 0.126 e. The molecule has 0 saturated carbocycles. The number of benzene rings is 1. The quantitative estimate of drug-likeness (QED) is 0.563. The maximum atomic E-state index is 12.9. The third-order valence-corrected chi connectivity index (χ3v) is 1.77. The molecule has 0 nitrogen and oxygen atoms in total. The molecule has 1 aromatic rings. The fourth-order valence-electron chi connectivity index (χ4n) is 1.08. The molecule has 0 heterocycles. The van der Waals surface area contributed by atoms with Crippen molar-refractivity contribution in [3.05, 3.63) is 35.1 Å². The van der Waals surface area contributed by atoms with Gasteiger partial charge in [0, 0.05) is 0 Å². The Kier molecular flexibility index (Phi) is 2.69. The molecule has 0 N–H and O–H groups in total. The highest BCUT2D eigenvalue weighted by Gasteiger charge is 1.97. The summed E-state index contributed by atoms with van der Waals surface area (Å²) in [6, 6.07) is 5.45. The van der Waals surface area contributed by atoms with Crippen molar-refractivity contribution in [1.29, 1.82) is 0 Å². The smallest absolute Gasteiger partial charge is 0.126 e. The Bertz CT molecular complexity index is 245. The van der Waals surface area contributed by atoms with Gasteiger partial charge in [-0.2, -0.15) is 0 Å². The second-order valence-corrected chi connectivity index (χ2v) is 2.83. The zero-order valence-electron chi connectivity index (χ0n) is 7.02. The van der Waals surface area contributed by atoms with Crippen molar-refractivity contribution >= 4 is 7.85 Å². The van der Waals surface area contributed by atoms with Gasteiger partial charge in [0.25, 0.3) is 0 Å². The van der Waals surface area contributed by atoms with E-state index >= 15 is 0 Å². The van der Waals surface area contributed by atoms with Crippen LogP contribution in [0.3, 0.4) is 0 Å². The van der Waals surface area contributed by atoms with Crippen molar-refractivity contribution in [2.75, 3.05) is 0 Å². The van der Waals surface area contributed by atoms with E-state index in [-0.39, 0.29) is 5.82 Å². The summed E-state index contributed by atoms with van der Waals surface area (Å²) < 4.78 is 12.9. The molecule has 0 atom stereocenters. The third kappa shape index (κ3) is 2.07. The standard InChI is InChI=1S/C9H12BF/c1-7-2-3-8(4-5-10)6-9(7)11/h2-3,6H,4-5,10H2,1H3. The molecule has 1 rings (SSSR count). The molecule has 58 valence electrons. The van der Waals surface area contributed by atoms with Crippen LogP contribution >= 0.6 is 0 Å². The van der Waals surface area contributed by atoms with E-state index in [9.17, 15) is 4.39 Å². The molecular formula is C9H12BF. The van der Waals surface area contributed by atoms with E-state index in [0.29, 0.717) is 0 Å². The maximum absolute atomic E-state index is 12.9. The van der Waals surface area contributed by atoms with E-state index in [0.717, 1.165) is 23.9 Å². The fraction of sp³-hybridized carbons (Fsp3) is 0.333. The first-order chi connectivity index (χ1) is 5.24. The predicted molar refractivity (Wildman–Crippen MR) is 48.2 cm³/mol. The fourth-order valence-corrected chi connectivity index (χ4v) is 1.08. The first-order valence-electron chi connectivity index (χ1n) is 3.99. The molecule has 1 aromatic carbocycles. The molecule has 0 aliphatic heterocycles. The molecule has 0 fully saturated rings. The Morgan fingerprint density at radius 2 is 2.18 bits per heavy atom. The van der Waals surface area contributed by atoms with E-state index in [4.69, 9.17) is 0 Å². The van der Waals surface area contributed by atoms with Crippen LogP contribution in [0.15, 0.2) is 18.2 Å². The summed E-state index contributed by atoms with van der Waals surface area (Å²) in [6.45, 7) is 1.78. The molecule has 0 aromatic heterocycles. The minimum atomic E-state index is -0.0871. The Hall–Kier alpha value is -0.785. The summed E-state index contributed by atoms with van der Waals surface area (Å²) in [5, 5.41) is 0. The van der Waals surface area contributed by atoms with Gasteiger partial charge in [-0.15, -0.1) is 0 Å². The van der Waals surface area contributed by atoms with Crippen molar-refractivity contribution in [2.24, 2.45) is 0 Å². The molecule has 0 unspecified atom stereocenters. The molecular weight excluding hydrogens is 138 g/mol. The SMILES string of the molecule is BCCc1ccc(C)c(F)c1. The molecule has 0 saturated heterocycles. The van der Waals surface area contributed by atoms with Gasteiger partial charge >= 0.3 is 0 Å². The zero-order valence-corrected chi connectivity index (χ0v) is 7.02. The summed E-state index contributed by atoms with van der Waals surface area (Å²) in [7, 11) is 2.10. The largest absolute Gasteiger partial charge is 0.207 e. The lowest BCUT2D eigenvalue weighted by Gasteiger charge is -2.00. The van der Waals surface area contributed by atoms with Crippen molar-refractivity contribution in [3.63, 3.8) is 0 Å². The van der Waals surface area contributed by atoms with Crippen LogP contribution in [0.5, 0.6) is 0 Å². The highest BCUT2D eigenvalue weighted by molar-refractivity contribution is 6.08. The first-order valence-corrected chi connectivity index (χ1v) is 3.99. The summed E-state index contributed by atoms with van der Waals surface area (Å²) in [5.41, 5.74) is 1.82. The second-order valence-electron chi connectivity index (χ2n) is 2.83. The van der Waals surface area contributed by atoms with Gasteiger partial charge in [0.2, 0.25) is 0 Å². The Morgan fingerprint density at radius 1 is 1.45 bits per heavy atom. The first kappa shape index (κ1) is 8.31. The molecule has 0 radical (unpaired) electrons. The molecule has 11 heavy (non-hydrogen) atoms. The van der Waals surface area contributed by atoms with Gasteiger partial charge in [-0.1, -0.05) is 18.5 Å². The van der Waals surface area contributed by atoms with Gasteiger partial charge in [-0.05, 0) is 30.5 Å².